The molecule has 0 aliphatic heterocycles. The highest BCUT2D eigenvalue weighted by Gasteiger charge is 2.29. The van der Waals surface area contributed by atoms with Crippen LogP contribution in [0.25, 0.3) is 0 Å². The van der Waals surface area contributed by atoms with Crippen molar-refractivity contribution in [1.82, 2.24) is 5.32 Å². The average Bonchev–Trinajstić information content (AvgIpc) is 2.28. The molecule has 0 amide bonds. The molecular formula is C14H23NO3S. The Kier molecular flexibility index (Phi) is 5.38. The topological polar surface area (TPSA) is 55.4 Å². The van der Waals surface area contributed by atoms with Crippen LogP contribution in [-0.2, 0) is 16.4 Å². The average molecular weight is 285 g/mol. The summed E-state index contributed by atoms with van der Waals surface area (Å²) in [5.41, 5.74) is 1.08. The van der Waals surface area contributed by atoms with Crippen molar-refractivity contribution in [2.45, 2.75) is 32.1 Å². The first-order chi connectivity index (χ1) is 8.76. The number of ether oxygens (including phenoxy) is 1. The molecular weight excluding hydrogens is 262 g/mol. The van der Waals surface area contributed by atoms with Crippen LogP contribution in [0.4, 0.5) is 0 Å². The van der Waals surface area contributed by atoms with Gasteiger partial charge in [0.1, 0.15) is 5.75 Å². The second-order valence-corrected chi connectivity index (χ2v) is 7.87. The minimum absolute atomic E-state index is 0.421. The molecule has 1 N–H and O–H groups in total. The summed E-state index contributed by atoms with van der Waals surface area (Å²) >= 11 is 0. The van der Waals surface area contributed by atoms with Crippen LogP contribution in [0.15, 0.2) is 24.3 Å². The SMILES string of the molecule is CCOc1cccc(CNCC(C)(C)S(C)(=O)=O)c1. The van der Waals surface area contributed by atoms with Gasteiger partial charge in [0.05, 0.1) is 11.4 Å². The van der Waals surface area contributed by atoms with Gasteiger partial charge in [-0.1, -0.05) is 12.1 Å². The number of sulfone groups is 1. The monoisotopic (exact) mass is 285 g/mol. The van der Waals surface area contributed by atoms with Crippen molar-refractivity contribution in [3.05, 3.63) is 29.8 Å². The Balaban J connectivity index is 2.56. The Labute approximate surface area is 116 Å². The lowest BCUT2D eigenvalue weighted by Crippen LogP contribution is -2.41. The van der Waals surface area contributed by atoms with Crippen LogP contribution in [0, 0.1) is 0 Å². The number of benzene rings is 1. The van der Waals surface area contributed by atoms with Gasteiger partial charge in [-0.2, -0.15) is 0 Å². The molecule has 0 unspecified atom stereocenters. The van der Waals surface area contributed by atoms with E-state index in [4.69, 9.17) is 4.74 Å². The number of hydrogen-bond acceptors (Lipinski definition) is 4. The van der Waals surface area contributed by atoms with Crippen LogP contribution in [0.3, 0.4) is 0 Å². The molecule has 0 saturated heterocycles. The summed E-state index contributed by atoms with van der Waals surface area (Å²) in [4.78, 5) is 0. The Morgan fingerprint density at radius 3 is 2.58 bits per heavy atom. The first-order valence-electron chi connectivity index (χ1n) is 6.38. The lowest BCUT2D eigenvalue weighted by Gasteiger charge is -2.22. The predicted octanol–water partition coefficient (Wildman–Crippen LogP) is 2.00. The Hall–Kier alpha value is -1.07. The Morgan fingerprint density at radius 2 is 2.00 bits per heavy atom. The first kappa shape index (κ1) is 16.0. The van der Waals surface area contributed by atoms with Crippen molar-refractivity contribution in [2.75, 3.05) is 19.4 Å². The highest BCUT2D eigenvalue weighted by molar-refractivity contribution is 7.92. The van der Waals surface area contributed by atoms with Crippen molar-refractivity contribution in [3.63, 3.8) is 0 Å². The molecule has 5 heteroatoms. The fourth-order valence-electron chi connectivity index (χ4n) is 1.55. The smallest absolute Gasteiger partial charge is 0.153 e. The molecule has 1 aromatic carbocycles. The van der Waals surface area contributed by atoms with E-state index in [1.54, 1.807) is 13.8 Å². The molecule has 19 heavy (non-hydrogen) atoms. The fourth-order valence-corrected chi connectivity index (χ4v) is 1.92. The second-order valence-electron chi connectivity index (χ2n) is 5.22. The summed E-state index contributed by atoms with van der Waals surface area (Å²) < 4.78 is 27.8. The third kappa shape index (κ3) is 4.84. The van der Waals surface area contributed by atoms with Gasteiger partial charge < -0.3 is 10.1 Å². The van der Waals surface area contributed by atoms with Gasteiger partial charge in [-0.05, 0) is 38.5 Å². The van der Waals surface area contributed by atoms with Crippen LogP contribution in [0.1, 0.15) is 26.3 Å². The molecule has 0 aliphatic carbocycles. The highest BCUT2D eigenvalue weighted by atomic mass is 32.2. The van der Waals surface area contributed by atoms with Crippen molar-refractivity contribution < 1.29 is 13.2 Å². The zero-order chi connectivity index (χ0) is 14.5. The van der Waals surface area contributed by atoms with E-state index in [0.717, 1.165) is 11.3 Å². The van der Waals surface area contributed by atoms with Gasteiger partial charge in [0.25, 0.3) is 0 Å². The molecule has 0 saturated carbocycles. The van der Waals surface area contributed by atoms with E-state index >= 15 is 0 Å². The first-order valence-corrected chi connectivity index (χ1v) is 8.27. The molecule has 0 fully saturated rings. The van der Waals surface area contributed by atoms with Gasteiger partial charge in [-0.25, -0.2) is 8.42 Å². The standard InChI is InChI=1S/C14H23NO3S/c1-5-18-13-8-6-7-12(9-13)10-15-11-14(2,3)19(4,16)17/h6-9,15H,5,10-11H2,1-4H3. The minimum Gasteiger partial charge on any atom is -0.494 e. The van der Waals surface area contributed by atoms with E-state index in [1.165, 1.54) is 6.26 Å². The van der Waals surface area contributed by atoms with Gasteiger partial charge in [0.15, 0.2) is 9.84 Å². The van der Waals surface area contributed by atoms with Crippen molar-refractivity contribution in [1.29, 1.82) is 0 Å². The predicted molar refractivity (Wildman–Crippen MR) is 78.2 cm³/mol. The molecule has 0 heterocycles. The maximum absolute atomic E-state index is 11.6. The number of rotatable bonds is 7. The van der Waals surface area contributed by atoms with Crippen LogP contribution >= 0.6 is 0 Å². The lowest BCUT2D eigenvalue weighted by molar-refractivity contribution is 0.340. The quantitative estimate of drug-likeness (QED) is 0.832. The van der Waals surface area contributed by atoms with Crippen LogP contribution in [0.2, 0.25) is 0 Å². The van der Waals surface area contributed by atoms with E-state index in [0.29, 0.717) is 19.7 Å². The van der Waals surface area contributed by atoms with Crippen LogP contribution < -0.4 is 10.1 Å². The summed E-state index contributed by atoms with van der Waals surface area (Å²) in [6.45, 7) is 7.08. The maximum Gasteiger partial charge on any atom is 0.153 e. The number of nitrogens with one attached hydrogen (secondary N) is 1. The summed E-state index contributed by atoms with van der Waals surface area (Å²) in [6.07, 6.45) is 1.27. The zero-order valence-corrected chi connectivity index (χ0v) is 12.9. The molecule has 0 aromatic heterocycles. The summed E-state index contributed by atoms with van der Waals surface area (Å²) in [5, 5.41) is 3.18. The van der Waals surface area contributed by atoms with Crippen molar-refractivity contribution in [2.24, 2.45) is 0 Å². The summed E-state index contributed by atoms with van der Waals surface area (Å²) in [6, 6.07) is 7.80. The molecule has 1 aromatic rings. The molecule has 4 nitrogen and oxygen atoms in total. The fraction of sp³-hybridized carbons (Fsp3) is 0.571. The molecule has 0 atom stereocenters. The van der Waals surface area contributed by atoms with E-state index in [1.807, 2.05) is 31.2 Å². The van der Waals surface area contributed by atoms with Gasteiger partial charge in [0.2, 0.25) is 0 Å². The largest absolute Gasteiger partial charge is 0.494 e. The van der Waals surface area contributed by atoms with Crippen molar-refractivity contribution in [3.8, 4) is 5.75 Å². The number of hydrogen-bond donors (Lipinski definition) is 1. The third-order valence-corrected chi connectivity index (χ3v) is 5.24. The van der Waals surface area contributed by atoms with E-state index < -0.39 is 14.6 Å². The normalized spacial score (nSPS) is 12.4. The lowest BCUT2D eigenvalue weighted by atomic mass is 10.2. The van der Waals surface area contributed by atoms with Gasteiger partial charge >= 0.3 is 0 Å². The molecule has 108 valence electrons. The molecule has 0 radical (unpaired) electrons. The minimum atomic E-state index is -3.06. The third-order valence-electron chi connectivity index (χ3n) is 3.09. The van der Waals surface area contributed by atoms with E-state index in [-0.39, 0.29) is 0 Å². The zero-order valence-electron chi connectivity index (χ0n) is 12.1. The maximum atomic E-state index is 11.6. The molecule has 1 rings (SSSR count). The van der Waals surface area contributed by atoms with Gasteiger partial charge in [-0.3, -0.25) is 0 Å². The van der Waals surface area contributed by atoms with Gasteiger partial charge in [-0.15, -0.1) is 0 Å². The Morgan fingerprint density at radius 1 is 1.32 bits per heavy atom. The summed E-state index contributed by atoms with van der Waals surface area (Å²) in [5.74, 6) is 0.837. The summed E-state index contributed by atoms with van der Waals surface area (Å²) in [7, 11) is -3.06. The van der Waals surface area contributed by atoms with Crippen molar-refractivity contribution >= 4 is 9.84 Å². The Bertz CT molecular complexity index is 509. The molecule has 0 spiro atoms. The molecule has 0 aliphatic rings. The highest BCUT2D eigenvalue weighted by Crippen LogP contribution is 2.15. The van der Waals surface area contributed by atoms with Crippen LogP contribution in [0.5, 0.6) is 5.75 Å². The van der Waals surface area contributed by atoms with E-state index in [2.05, 4.69) is 5.32 Å². The second kappa shape index (κ2) is 6.39. The van der Waals surface area contributed by atoms with Crippen LogP contribution in [-0.4, -0.2) is 32.6 Å². The van der Waals surface area contributed by atoms with E-state index in [9.17, 15) is 8.42 Å². The van der Waals surface area contributed by atoms with Gasteiger partial charge in [0, 0.05) is 19.3 Å². The molecule has 0 bridgehead atoms.